The molecule has 0 radical (unpaired) electrons. The van der Waals surface area contributed by atoms with Crippen LogP contribution < -0.4 is 5.32 Å². The zero-order chi connectivity index (χ0) is 11.4. The Balaban J connectivity index is 1.82. The molecule has 2 atom stereocenters. The van der Waals surface area contributed by atoms with Gasteiger partial charge in [0, 0.05) is 18.5 Å². The fraction of sp³-hybridized carbons (Fsp3) is 0.636. The molecule has 1 heterocycles. The van der Waals surface area contributed by atoms with Crippen molar-refractivity contribution in [3.8, 4) is 6.07 Å². The molecule has 0 saturated heterocycles. The molecular weight excluding hydrogens is 286 g/mol. The lowest BCUT2D eigenvalue weighted by Gasteiger charge is -2.25. The summed E-state index contributed by atoms with van der Waals surface area (Å²) in [6.07, 6.45) is 6.25. The van der Waals surface area contributed by atoms with E-state index in [0.717, 1.165) is 23.9 Å². The van der Waals surface area contributed by atoms with Crippen LogP contribution in [0.5, 0.6) is 0 Å². The van der Waals surface area contributed by atoms with Gasteiger partial charge in [-0.1, -0.05) is 6.42 Å². The van der Waals surface area contributed by atoms with Gasteiger partial charge in [0.1, 0.15) is 0 Å². The zero-order valence-electron chi connectivity index (χ0n) is 8.95. The first kappa shape index (κ1) is 12.0. The van der Waals surface area contributed by atoms with Gasteiger partial charge in [0.2, 0.25) is 0 Å². The Kier molecular flexibility index (Phi) is 4.33. The molecule has 16 heavy (non-hydrogen) atoms. The van der Waals surface area contributed by atoms with Crippen molar-refractivity contribution >= 4 is 27.5 Å². The monoisotopic (exact) mass is 299 g/mol. The quantitative estimate of drug-likeness (QED) is 0.933. The van der Waals surface area contributed by atoms with E-state index in [1.54, 1.807) is 0 Å². The van der Waals surface area contributed by atoms with Crippen LogP contribution in [0.4, 0.5) is 0 Å². The smallest absolute Gasteiger partial charge is 0.0656 e. The molecule has 1 aliphatic carbocycles. The Hall–Kier alpha value is -0.440. The van der Waals surface area contributed by atoms with Gasteiger partial charge in [0.15, 0.2) is 0 Å². The highest BCUT2D eigenvalue weighted by Crippen LogP contribution is 2.25. The summed E-state index contributed by atoms with van der Waals surface area (Å²) >= 11 is 4.99. The van der Waals surface area contributed by atoms with Crippen molar-refractivity contribution in [1.82, 2.24) is 9.69 Å². The van der Waals surface area contributed by atoms with Crippen molar-refractivity contribution < 1.29 is 0 Å². The minimum atomic E-state index is 0.246. The predicted molar refractivity (Wildman–Crippen MR) is 68.0 cm³/mol. The third kappa shape index (κ3) is 3.03. The van der Waals surface area contributed by atoms with Crippen molar-refractivity contribution in [3.63, 3.8) is 0 Å². The zero-order valence-corrected chi connectivity index (χ0v) is 11.4. The van der Waals surface area contributed by atoms with Crippen LogP contribution in [-0.2, 0) is 6.54 Å². The van der Waals surface area contributed by atoms with Gasteiger partial charge in [-0.3, -0.25) is 0 Å². The normalized spacial score (nSPS) is 25.2. The number of rotatable bonds is 3. The first-order valence-electron chi connectivity index (χ1n) is 5.51. The summed E-state index contributed by atoms with van der Waals surface area (Å²) < 4.78 is 5.20. The molecule has 1 aromatic rings. The molecule has 1 N–H and O–H groups in total. The summed E-state index contributed by atoms with van der Waals surface area (Å²) in [5, 5.41) is 12.4. The van der Waals surface area contributed by atoms with Gasteiger partial charge in [-0.15, -0.1) is 0 Å². The predicted octanol–water partition coefficient (Wildman–Crippen LogP) is 3.08. The highest BCUT2D eigenvalue weighted by molar-refractivity contribution is 9.10. The summed E-state index contributed by atoms with van der Waals surface area (Å²) in [7, 11) is 0. The van der Waals surface area contributed by atoms with E-state index in [0.29, 0.717) is 6.04 Å². The van der Waals surface area contributed by atoms with Gasteiger partial charge in [0.05, 0.1) is 21.6 Å². The molecule has 0 aliphatic heterocycles. The van der Waals surface area contributed by atoms with E-state index < -0.39 is 0 Å². The van der Waals surface area contributed by atoms with Crippen molar-refractivity contribution in [2.45, 2.75) is 38.3 Å². The van der Waals surface area contributed by atoms with E-state index in [9.17, 15) is 0 Å². The first-order chi connectivity index (χ1) is 7.79. The fourth-order valence-electron chi connectivity index (χ4n) is 2.10. The second-order valence-electron chi connectivity index (χ2n) is 4.17. The van der Waals surface area contributed by atoms with Crippen LogP contribution in [0.3, 0.4) is 0 Å². The minimum absolute atomic E-state index is 0.246. The highest BCUT2D eigenvalue weighted by atomic mass is 79.9. The topological polar surface area (TPSA) is 48.7 Å². The lowest BCUT2D eigenvalue weighted by molar-refractivity contribution is 0.327. The van der Waals surface area contributed by atoms with E-state index in [2.05, 4.69) is 31.7 Å². The lowest BCUT2D eigenvalue weighted by atomic mass is 9.87. The molecule has 0 aromatic carbocycles. The van der Waals surface area contributed by atoms with Gasteiger partial charge < -0.3 is 5.32 Å². The van der Waals surface area contributed by atoms with Crippen molar-refractivity contribution in [2.75, 3.05) is 0 Å². The minimum Gasteiger partial charge on any atom is -0.309 e. The van der Waals surface area contributed by atoms with Crippen LogP contribution in [0.1, 0.15) is 30.6 Å². The molecule has 3 nitrogen and oxygen atoms in total. The number of hydrogen-bond donors (Lipinski definition) is 1. The number of nitrogens with zero attached hydrogens (tertiary/aromatic N) is 2. The fourth-order valence-corrected chi connectivity index (χ4v) is 3.27. The number of nitriles is 1. The molecule has 1 aromatic heterocycles. The maximum absolute atomic E-state index is 8.91. The van der Waals surface area contributed by atoms with Crippen LogP contribution in [0.25, 0.3) is 0 Å². The van der Waals surface area contributed by atoms with Crippen LogP contribution in [0.15, 0.2) is 10.7 Å². The number of hydrogen-bond acceptors (Lipinski definition) is 4. The Morgan fingerprint density at radius 3 is 3.19 bits per heavy atom. The van der Waals surface area contributed by atoms with E-state index in [4.69, 9.17) is 5.26 Å². The third-order valence-corrected chi connectivity index (χ3v) is 4.74. The summed E-state index contributed by atoms with van der Waals surface area (Å²) in [5.41, 5.74) is 0. The van der Waals surface area contributed by atoms with Crippen LogP contribution in [0.2, 0.25) is 0 Å². The molecular formula is C11H14BrN3S. The van der Waals surface area contributed by atoms with Gasteiger partial charge in [0.25, 0.3) is 0 Å². The Morgan fingerprint density at radius 2 is 2.50 bits per heavy atom. The maximum Gasteiger partial charge on any atom is 0.0656 e. The standard InChI is InChI=1S/C11H14BrN3S/c12-10-6-15-16-11(10)7-14-9-3-1-2-8(4-9)5-13/h6,8-9,14H,1-4,7H2. The van der Waals surface area contributed by atoms with Gasteiger partial charge >= 0.3 is 0 Å². The molecule has 1 aliphatic rings. The molecule has 0 amide bonds. The summed E-state index contributed by atoms with van der Waals surface area (Å²) in [6, 6.07) is 2.87. The van der Waals surface area contributed by atoms with Crippen molar-refractivity contribution in [1.29, 1.82) is 5.26 Å². The maximum atomic E-state index is 8.91. The van der Waals surface area contributed by atoms with E-state index >= 15 is 0 Å². The molecule has 2 rings (SSSR count). The lowest BCUT2D eigenvalue weighted by Crippen LogP contribution is -2.33. The summed E-state index contributed by atoms with van der Waals surface area (Å²) in [6.45, 7) is 0.855. The Labute approximate surface area is 108 Å². The van der Waals surface area contributed by atoms with Crippen LogP contribution in [0, 0.1) is 17.2 Å². The average Bonchev–Trinajstić information content (AvgIpc) is 2.72. The summed E-state index contributed by atoms with van der Waals surface area (Å²) in [4.78, 5) is 1.24. The molecule has 0 bridgehead atoms. The van der Waals surface area contributed by atoms with Gasteiger partial charge in [-0.2, -0.15) is 9.64 Å². The second-order valence-corrected chi connectivity index (χ2v) is 5.91. The highest BCUT2D eigenvalue weighted by Gasteiger charge is 2.21. The number of halogens is 1. The van der Waals surface area contributed by atoms with Crippen LogP contribution in [-0.4, -0.2) is 10.4 Å². The number of nitrogens with one attached hydrogen (secondary N) is 1. The van der Waals surface area contributed by atoms with E-state index in [1.807, 2.05) is 6.20 Å². The SMILES string of the molecule is N#CC1CCCC(NCc2sncc2Br)C1. The van der Waals surface area contributed by atoms with Gasteiger partial charge in [-0.25, -0.2) is 0 Å². The van der Waals surface area contributed by atoms with E-state index in [-0.39, 0.29) is 5.92 Å². The Morgan fingerprint density at radius 1 is 1.62 bits per heavy atom. The van der Waals surface area contributed by atoms with Crippen molar-refractivity contribution in [2.24, 2.45) is 5.92 Å². The third-order valence-electron chi connectivity index (χ3n) is 3.00. The summed E-state index contributed by atoms with van der Waals surface area (Å²) in [5.74, 6) is 0.246. The largest absolute Gasteiger partial charge is 0.309 e. The first-order valence-corrected chi connectivity index (χ1v) is 7.08. The Bertz CT molecular complexity index is 385. The van der Waals surface area contributed by atoms with Gasteiger partial charge in [-0.05, 0) is 46.7 Å². The molecule has 2 unspecified atom stereocenters. The van der Waals surface area contributed by atoms with E-state index in [1.165, 1.54) is 29.3 Å². The molecule has 0 spiro atoms. The van der Waals surface area contributed by atoms with Crippen molar-refractivity contribution in [3.05, 3.63) is 15.5 Å². The molecule has 1 saturated carbocycles. The molecule has 1 fully saturated rings. The number of aromatic nitrogens is 1. The average molecular weight is 300 g/mol. The molecule has 5 heteroatoms. The van der Waals surface area contributed by atoms with Crippen LogP contribution >= 0.6 is 27.5 Å². The molecule has 86 valence electrons. The second kappa shape index (κ2) is 5.76.